The van der Waals surface area contributed by atoms with Gasteiger partial charge in [-0.1, -0.05) is 31.2 Å². The Bertz CT molecular complexity index is 822. The van der Waals surface area contributed by atoms with Crippen molar-refractivity contribution in [2.24, 2.45) is 0 Å². The monoisotopic (exact) mass is 406 g/mol. The average molecular weight is 406 g/mol. The highest BCUT2D eigenvalue weighted by Crippen LogP contribution is 2.21. The number of halogens is 2. The van der Waals surface area contributed by atoms with Gasteiger partial charge in [0.2, 0.25) is 0 Å². The Labute approximate surface area is 169 Å². The van der Waals surface area contributed by atoms with Crippen molar-refractivity contribution in [3.8, 4) is 0 Å². The van der Waals surface area contributed by atoms with Gasteiger partial charge in [-0.25, -0.2) is 13.6 Å². The maximum Gasteiger partial charge on any atom is 0.404 e. The summed E-state index contributed by atoms with van der Waals surface area (Å²) in [6.07, 6.45) is -1.57. The summed E-state index contributed by atoms with van der Waals surface area (Å²) in [5.74, 6) is -1.50. The first-order valence-electron chi connectivity index (χ1n) is 9.57. The van der Waals surface area contributed by atoms with Crippen molar-refractivity contribution >= 4 is 6.09 Å². The van der Waals surface area contributed by atoms with Crippen molar-refractivity contribution in [3.63, 3.8) is 0 Å². The third-order valence-electron chi connectivity index (χ3n) is 4.96. The first kappa shape index (κ1) is 22.8. The van der Waals surface area contributed by atoms with Crippen LogP contribution in [-0.4, -0.2) is 35.0 Å². The zero-order valence-corrected chi connectivity index (χ0v) is 16.9. The highest BCUT2D eigenvalue weighted by molar-refractivity contribution is 5.65. The predicted molar refractivity (Wildman–Crippen MR) is 108 cm³/mol. The van der Waals surface area contributed by atoms with Crippen molar-refractivity contribution in [1.82, 2.24) is 10.6 Å². The molecule has 0 aromatic heterocycles. The van der Waals surface area contributed by atoms with Crippen LogP contribution in [0.1, 0.15) is 37.5 Å². The molecule has 0 unspecified atom stereocenters. The van der Waals surface area contributed by atoms with Gasteiger partial charge in [0.05, 0.1) is 12.1 Å². The molecule has 2 rings (SSSR count). The van der Waals surface area contributed by atoms with Crippen LogP contribution >= 0.6 is 0 Å². The van der Waals surface area contributed by atoms with Crippen LogP contribution in [0.15, 0.2) is 42.5 Å². The molecule has 158 valence electrons. The van der Waals surface area contributed by atoms with Crippen LogP contribution in [0.3, 0.4) is 0 Å². The number of aryl methyl sites for hydroxylation is 1. The maximum atomic E-state index is 13.4. The number of amides is 1. The van der Waals surface area contributed by atoms with E-state index in [1.807, 2.05) is 32.0 Å². The molecule has 0 saturated heterocycles. The first-order valence-corrected chi connectivity index (χ1v) is 9.57. The first-order chi connectivity index (χ1) is 13.6. The fraction of sp³-hybridized carbons (Fsp3) is 0.409. The fourth-order valence-corrected chi connectivity index (χ4v) is 3.21. The molecule has 0 aliphatic heterocycles. The molecule has 5 nitrogen and oxygen atoms in total. The SMILES string of the molecule is CCc1cccc(C(C)(C)NC[C@@H](O)[C@H](Cc2cc(F)cc(F)c2)NC(=O)O)c1. The zero-order valence-electron chi connectivity index (χ0n) is 16.9. The highest BCUT2D eigenvalue weighted by Gasteiger charge is 2.26. The Hall–Kier alpha value is -2.51. The number of hydrogen-bond donors (Lipinski definition) is 4. The molecule has 2 atom stereocenters. The normalized spacial score (nSPS) is 13.7. The molecule has 0 radical (unpaired) electrons. The highest BCUT2D eigenvalue weighted by atomic mass is 19.1. The van der Waals surface area contributed by atoms with Crippen molar-refractivity contribution in [2.75, 3.05) is 6.54 Å². The van der Waals surface area contributed by atoms with E-state index in [2.05, 4.69) is 23.6 Å². The molecule has 7 heteroatoms. The molecular weight excluding hydrogens is 378 g/mol. The Morgan fingerprint density at radius 3 is 2.34 bits per heavy atom. The molecule has 4 N–H and O–H groups in total. The van der Waals surface area contributed by atoms with Crippen LogP contribution in [0.5, 0.6) is 0 Å². The van der Waals surface area contributed by atoms with Gasteiger partial charge in [-0.3, -0.25) is 0 Å². The standard InChI is InChI=1S/C22H28F2N2O3/c1-4-14-6-5-7-16(8-14)22(2,3)25-13-20(27)19(26-21(28)29)11-15-9-17(23)12-18(24)10-15/h5-10,12,19-20,25-27H,4,11,13H2,1-3H3,(H,28,29)/t19-,20+/m0/s1. The third kappa shape index (κ3) is 6.80. The minimum absolute atomic E-state index is 0.0461. The Balaban J connectivity index is 2.10. The maximum absolute atomic E-state index is 13.4. The smallest absolute Gasteiger partial charge is 0.404 e. The fourth-order valence-electron chi connectivity index (χ4n) is 3.21. The number of aliphatic hydroxyl groups is 1. The minimum atomic E-state index is -1.32. The molecular formula is C22H28F2N2O3. The summed E-state index contributed by atoms with van der Waals surface area (Å²) in [6, 6.07) is 10.1. The number of hydrogen-bond acceptors (Lipinski definition) is 3. The molecule has 0 fully saturated rings. The molecule has 0 aliphatic rings. The van der Waals surface area contributed by atoms with Gasteiger partial charge in [0.1, 0.15) is 11.6 Å². The van der Waals surface area contributed by atoms with Crippen LogP contribution in [0, 0.1) is 11.6 Å². The second-order valence-electron chi connectivity index (χ2n) is 7.66. The number of carboxylic acid groups (broad SMARTS) is 1. The average Bonchev–Trinajstić information content (AvgIpc) is 2.64. The second kappa shape index (κ2) is 9.80. The van der Waals surface area contributed by atoms with Gasteiger partial charge >= 0.3 is 6.09 Å². The summed E-state index contributed by atoms with van der Waals surface area (Å²) in [5, 5.41) is 25.2. The summed E-state index contributed by atoms with van der Waals surface area (Å²) in [5.41, 5.74) is 2.02. The van der Waals surface area contributed by atoms with Crippen molar-refractivity contribution in [1.29, 1.82) is 0 Å². The van der Waals surface area contributed by atoms with E-state index < -0.39 is 35.4 Å². The van der Waals surface area contributed by atoms with Gasteiger partial charge in [0, 0.05) is 18.2 Å². The predicted octanol–water partition coefficient (Wildman–Crippen LogP) is 3.59. The molecule has 0 spiro atoms. The van der Waals surface area contributed by atoms with Crippen molar-refractivity contribution < 1.29 is 23.8 Å². The lowest BCUT2D eigenvalue weighted by atomic mass is 9.91. The van der Waals surface area contributed by atoms with E-state index in [9.17, 15) is 18.7 Å². The summed E-state index contributed by atoms with van der Waals surface area (Å²) in [6.45, 7) is 6.10. The van der Waals surface area contributed by atoms with Crippen molar-refractivity contribution in [3.05, 3.63) is 70.8 Å². The van der Waals surface area contributed by atoms with Gasteiger partial charge in [0.15, 0.2) is 0 Å². The van der Waals surface area contributed by atoms with Gasteiger partial charge in [-0.15, -0.1) is 0 Å². The Kier molecular flexibility index (Phi) is 7.70. The summed E-state index contributed by atoms with van der Waals surface area (Å²) in [7, 11) is 0. The zero-order chi connectivity index (χ0) is 21.6. The molecule has 1 amide bonds. The number of nitrogens with one attached hydrogen (secondary N) is 2. The number of rotatable bonds is 9. The van der Waals surface area contributed by atoms with E-state index in [4.69, 9.17) is 5.11 Å². The lowest BCUT2D eigenvalue weighted by Crippen LogP contribution is -2.51. The Morgan fingerprint density at radius 1 is 1.10 bits per heavy atom. The van der Waals surface area contributed by atoms with Gasteiger partial charge in [0.25, 0.3) is 0 Å². The van der Waals surface area contributed by atoms with E-state index in [0.29, 0.717) is 0 Å². The molecule has 29 heavy (non-hydrogen) atoms. The van der Waals surface area contributed by atoms with E-state index in [-0.39, 0.29) is 18.5 Å². The minimum Gasteiger partial charge on any atom is -0.465 e. The van der Waals surface area contributed by atoms with E-state index in [1.54, 1.807) is 0 Å². The third-order valence-corrected chi connectivity index (χ3v) is 4.96. The van der Waals surface area contributed by atoms with Crippen LogP contribution in [0.4, 0.5) is 13.6 Å². The molecule has 0 saturated carbocycles. The number of aliphatic hydroxyl groups excluding tert-OH is 1. The lowest BCUT2D eigenvalue weighted by Gasteiger charge is -2.31. The largest absolute Gasteiger partial charge is 0.465 e. The molecule has 0 heterocycles. The van der Waals surface area contributed by atoms with Crippen LogP contribution < -0.4 is 10.6 Å². The van der Waals surface area contributed by atoms with E-state index in [1.165, 1.54) is 5.56 Å². The Morgan fingerprint density at radius 2 is 1.76 bits per heavy atom. The van der Waals surface area contributed by atoms with Crippen LogP contribution in [0.25, 0.3) is 0 Å². The number of carbonyl (C=O) groups is 1. The molecule has 2 aromatic rings. The second-order valence-corrected chi connectivity index (χ2v) is 7.66. The van der Waals surface area contributed by atoms with Gasteiger partial charge in [-0.05, 0) is 55.5 Å². The van der Waals surface area contributed by atoms with E-state index in [0.717, 1.165) is 30.2 Å². The topological polar surface area (TPSA) is 81.6 Å². The summed E-state index contributed by atoms with van der Waals surface area (Å²) < 4.78 is 26.9. The van der Waals surface area contributed by atoms with Crippen LogP contribution in [0.2, 0.25) is 0 Å². The van der Waals surface area contributed by atoms with Crippen LogP contribution in [-0.2, 0) is 18.4 Å². The van der Waals surface area contributed by atoms with E-state index >= 15 is 0 Å². The molecule has 2 aromatic carbocycles. The quantitative estimate of drug-likeness (QED) is 0.513. The van der Waals surface area contributed by atoms with Gasteiger partial charge in [-0.2, -0.15) is 0 Å². The lowest BCUT2D eigenvalue weighted by molar-refractivity contribution is 0.110. The molecule has 0 bridgehead atoms. The number of benzene rings is 2. The van der Waals surface area contributed by atoms with Crippen molar-refractivity contribution in [2.45, 2.75) is 51.3 Å². The summed E-state index contributed by atoms with van der Waals surface area (Å²) >= 11 is 0. The van der Waals surface area contributed by atoms with Gasteiger partial charge < -0.3 is 20.8 Å². The summed E-state index contributed by atoms with van der Waals surface area (Å²) in [4.78, 5) is 11.1. The molecule has 0 aliphatic carbocycles.